The first kappa shape index (κ1) is 21.2. The highest BCUT2D eigenvalue weighted by Crippen LogP contribution is 2.29. The lowest BCUT2D eigenvalue weighted by atomic mass is 10.2. The van der Waals surface area contributed by atoms with Crippen LogP contribution in [0.5, 0.6) is 5.75 Å². The summed E-state index contributed by atoms with van der Waals surface area (Å²) in [5, 5.41) is 2.55. The van der Waals surface area contributed by atoms with Gasteiger partial charge in [0.2, 0.25) is 10.0 Å². The summed E-state index contributed by atoms with van der Waals surface area (Å²) in [5.41, 5.74) is 0.215. The minimum absolute atomic E-state index is 0.0866. The number of ether oxygens (including phenoxy) is 2. The van der Waals surface area contributed by atoms with Crippen molar-refractivity contribution in [2.45, 2.75) is 43.9 Å². The molecule has 1 aromatic carbocycles. The molecule has 0 radical (unpaired) electrons. The number of nitrogens with zero attached hydrogens (tertiary/aromatic N) is 1. The molecule has 0 saturated carbocycles. The molecule has 0 bridgehead atoms. The van der Waals surface area contributed by atoms with E-state index < -0.39 is 28.5 Å². The third-order valence-corrected chi connectivity index (χ3v) is 6.11. The van der Waals surface area contributed by atoms with Gasteiger partial charge in [0.1, 0.15) is 5.75 Å². The fourth-order valence-corrected chi connectivity index (χ4v) is 4.35. The molecule has 1 N–H and O–H groups in total. The van der Waals surface area contributed by atoms with E-state index in [0.29, 0.717) is 25.3 Å². The van der Waals surface area contributed by atoms with Gasteiger partial charge in [0.25, 0.3) is 5.91 Å². The number of anilines is 1. The molecule has 1 heterocycles. The van der Waals surface area contributed by atoms with Gasteiger partial charge in [-0.2, -0.15) is 4.31 Å². The maximum Gasteiger partial charge on any atom is 0.306 e. The zero-order valence-electron chi connectivity index (χ0n) is 15.7. The van der Waals surface area contributed by atoms with E-state index in [1.807, 2.05) is 6.92 Å². The van der Waals surface area contributed by atoms with Gasteiger partial charge in [-0.15, -0.1) is 0 Å². The van der Waals surface area contributed by atoms with Crippen molar-refractivity contribution in [2.75, 3.05) is 32.1 Å². The van der Waals surface area contributed by atoms with Gasteiger partial charge < -0.3 is 14.8 Å². The second-order valence-electron chi connectivity index (χ2n) is 6.29. The Kier molecular flexibility index (Phi) is 7.61. The van der Waals surface area contributed by atoms with Gasteiger partial charge in [-0.1, -0.05) is 13.3 Å². The summed E-state index contributed by atoms with van der Waals surface area (Å²) >= 11 is 0. The molecule has 0 aliphatic carbocycles. The summed E-state index contributed by atoms with van der Waals surface area (Å²) in [4.78, 5) is 23.5. The zero-order chi connectivity index (χ0) is 19.9. The lowest BCUT2D eigenvalue weighted by Gasteiger charge is -2.26. The van der Waals surface area contributed by atoms with Crippen LogP contribution in [0, 0.1) is 0 Å². The number of carbonyl (C=O) groups excluding carboxylic acids is 2. The van der Waals surface area contributed by atoms with Crippen LogP contribution in [0.2, 0.25) is 0 Å². The molecule has 8 nitrogen and oxygen atoms in total. The molecule has 2 rings (SSSR count). The van der Waals surface area contributed by atoms with Crippen molar-refractivity contribution in [3.8, 4) is 5.75 Å². The minimum atomic E-state index is -3.64. The Morgan fingerprint density at radius 1 is 1.19 bits per heavy atom. The molecule has 0 spiro atoms. The molecule has 1 fully saturated rings. The number of piperidine rings is 1. The van der Waals surface area contributed by atoms with E-state index in [9.17, 15) is 18.0 Å². The number of hydrogen-bond donors (Lipinski definition) is 1. The molecule has 1 saturated heterocycles. The number of carbonyl (C=O) groups is 2. The third-order valence-electron chi connectivity index (χ3n) is 4.22. The van der Waals surface area contributed by atoms with Crippen molar-refractivity contribution < 1.29 is 27.5 Å². The van der Waals surface area contributed by atoms with Crippen LogP contribution < -0.4 is 10.1 Å². The second kappa shape index (κ2) is 9.70. The van der Waals surface area contributed by atoms with Crippen molar-refractivity contribution >= 4 is 27.6 Å². The van der Waals surface area contributed by atoms with E-state index in [1.165, 1.54) is 29.6 Å². The first-order chi connectivity index (χ1) is 12.9. The Hall–Kier alpha value is -2.13. The van der Waals surface area contributed by atoms with Crippen molar-refractivity contribution in [2.24, 2.45) is 0 Å². The topological polar surface area (TPSA) is 102 Å². The molecule has 9 heteroatoms. The van der Waals surface area contributed by atoms with Gasteiger partial charge in [-0.3, -0.25) is 9.59 Å². The number of benzene rings is 1. The van der Waals surface area contributed by atoms with E-state index >= 15 is 0 Å². The van der Waals surface area contributed by atoms with Gasteiger partial charge in [-0.25, -0.2) is 8.42 Å². The number of rotatable bonds is 8. The largest absolute Gasteiger partial charge is 0.495 e. The van der Waals surface area contributed by atoms with E-state index in [4.69, 9.17) is 9.47 Å². The molecule has 150 valence electrons. The highest BCUT2D eigenvalue weighted by Gasteiger charge is 2.27. The monoisotopic (exact) mass is 398 g/mol. The van der Waals surface area contributed by atoms with Crippen molar-refractivity contribution in [3.05, 3.63) is 18.2 Å². The summed E-state index contributed by atoms with van der Waals surface area (Å²) in [5.74, 6) is -0.702. The molecule has 1 aromatic rings. The van der Waals surface area contributed by atoms with Gasteiger partial charge in [0.05, 0.1) is 17.7 Å². The van der Waals surface area contributed by atoms with Gasteiger partial charge in [0, 0.05) is 19.5 Å². The lowest BCUT2D eigenvalue weighted by Crippen LogP contribution is -2.35. The molecule has 0 unspecified atom stereocenters. The summed E-state index contributed by atoms with van der Waals surface area (Å²) in [6.45, 7) is 2.37. The second-order valence-corrected chi connectivity index (χ2v) is 8.22. The van der Waals surface area contributed by atoms with E-state index in [-0.39, 0.29) is 17.0 Å². The van der Waals surface area contributed by atoms with Crippen LogP contribution in [-0.4, -0.2) is 51.4 Å². The van der Waals surface area contributed by atoms with Crippen molar-refractivity contribution in [1.82, 2.24) is 4.31 Å². The summed E-state index contributed by atoms with van der Waals surface area (Å²) < 4.78 is 37.1. The van der Waals surface area contributed by atoms with Crippen LogP contribution >= 0.6 is 0 Å². The van der Waals surface area contributed by atoms with Crippen LogP contribution in [0.1, 0.15) is 39.0 Å². The Bertz CT molecular complexity index is 772. The number of nitrogens with one attached hydrogen (secondary N) is 1. The first-order valence-electron chi connectivity index (χ1n) is 9.02. The maximum absolute atomic E-state index is 12.8. The minimum Gasteiger partial charge on any atom is -0.495 e. The summed E-state index contributed by atoms with van der Waals surface area (Å²) in [6.07, 6.45) is 3.56. The van der Waals surface area contributed by atoms with Gasteiger partial charge in [-0.05, 0) is 37.5 Å². The predicted molar refractivity (Wildman–Crippen MR) is 100 cm³/mol. The molecular formula is C18H26N2O6S. The average Bonchev–Trinajstić information content (AvgIpc) is 2.67. The van der Waals surface area contributed by atoms with Crippen LogP contribution in [0.4, 0.5) is 5.69 Å². The molecule has 1 aliphatic heterocycles. The van der Waals surface area contributed by atoms with Crippen LogP contribution in [-0.2, 0) is 24.3 Å². The molecule has 27 heavy (non-hydrogen) atoms. The number of sulfonamides is 1. The molecule has 0 aromatic heterocycles. The summed E-state index contributed by atoms with van der Waals surface area (Å²) in [6, 6.07) is 4.32. The number of methoxy groups -OCH3 is 1. The van der Waals surface area contributed by atoms with E-state index in [1.54, 1.807) is 0 Å². The maximum atomic E-state index is 12.8. The number of hydrogen-bond acceptors (Lipinski definition) is 6. The number of amides is 1. The smallest absolute Gasteiger partial charge is 0.306 e. The Morgan fingerprint density at radius 2 is 1.89 bits per heavy atom. The SMILES string of the molecule is CCCC(=O)OCC(=O)Nc1cc(S(=O)(=O)N2CCCCC2)ccc1OC. The highest BCUT2D eigenvalue weighted by atomic mass is 32.2. The van der Waals surface area contributed by atoms with E-state index in [0.717, 1.165) is 19.3 Å². The Labute approximate surface area is 159 Å². The molecule has 1 aliphatic rings. The zero-order valence-corrected chi connectivity index (χ0v) is 16.5. The molecule has 0 atom stereocenters. The van der Waals surface area contributed by atoms with Gasteiger partial charge in [0.15, 0.2) is 6.61 Å². The summed E-state index contributed by atoms with van der Waals surface area (Å²) in [7, 11) is -2.22. The van der Waals surface area contributed by atoms with Crippen LogP contribution in [0.15, 0.2) is 23.1 Å². The normalized spacial score (nSPS) is 15.2. The Balaban J connectivity index is 2.14. The average molecular weight is 398 g/mol. The van der Waals surface area contributed by atoms with Gasteiger partial charge >= 0.3 is 5.97 Å². The predicted octanol–water partition coefficient (Wildman–Crippen LogP) is 2.15. The number of esters is 1. The third kappa shape index (κ3) is 5.67. The van der Waals surface area contributed by atoms with Crippen molar-refractivity contribution in [1.29, 1.82) is 0 Å². The van der Waals surface area contributed by atoms with Crippen LogP contribution in [0.3, 0.4) is 0 Å². The lowest BCUT2D eigenvalue weighted by molar-refractivity contribution is -0.147. The molecule has 1 amide bonds. The first-order valence-corrected chi connectivity index (χ1v) is 10.5. The quantitative estimate of drug-likeness (QED) is 0.673. The van der Waals surface area contributed by atoms with E-state index in [2.05, 4.69) is 5.32 Å². The highest BCUT2D eigenvalue weighted by molar-refractivity contribution is 7.89. The fourth-order valence-electron chi connectivity index (χ4n) is 2.81. The fraction of sp³-hybridized carbons (Fsp3) is 0.556. The van der Waals surface area contributed by atoms with Crippen molar-refractivity contribution in [3.63, 3.8) is 0 Å². The Morgan fingerprint density at radius 3 is 2.52 bits per heavy atom. The standard InChI is InChI=1S/C18H26N2O6S/c1-3-7-18(22)26-13-17(21)19-15-12-14(8-9-16(15)25-2)27(23,24)20-10-5-4-6-11-20/h8-9,12H,3-7,10-11,13H2,1-2H3,(H,19,21). The molecular weight excluding hydrogens is 372 g/mol. The van der Waals surface area contributed by atoms with Crippen LogP contribution in [0.25, 0.3) is 0 Å².